The molecule has 0 unspecified atom stereocenters. The number of hydrogen-bond acceptors (Lipinski definition) is 7. The zero-order chi connectivity index (χ0) is 21.8. The summed E-state index contributed by atoms with van der Waals surface area (Å²) < 4.78 is 7.31. The highest BCUT2D eigenvalue weighted by molar-refractivity contribution is 5.86. The van der Waals surface area contributed by atoms with Crippen LogP contribution in [0.4, 0.5) is 5.82 Å². The maximum atomic E-state index is 5.18. The summed E-state index contributed by atoms with van der Waals surface area (Å²) >= 11 is 0. The normalized spacial score (nSPS) is 12.0. The quantitative estimate of drug-likeness (QED) is 0.570. The van der Waals surface area contributed by atoms with E-state index in [1.807, 2.05) is 12.1 Å². The summed E-state index contributed by atoms with van der Waals surface area (Å²) in [5, 5.41) is 3.47. The van der Waals surface area contributed by atoms with Crippen LogP contribution < -0.4 is 10.1 Å². The van der Waals surface area contributed by atoms with Crippen molar-refractivity contribution in [3.8, 4) is 17.3 Å². The molecule has 0 fully saturated rings. The summed E-state index contributed by atoms with van der Waals surface area (Å²) in [6.45, 7) is 14.9. The summed E-state index contributed by atoms with van der Waals surface area (Å²) in [5.74, 6) is 2.16. The van der Waals surface area contributed by atoms with Gasteiger partial charge in [-0.15, -0.1) is 0 Å². The molecule has 3 rings (SSSR count). The number of rotatable bonds is 9. The first kappa shape index (κ1) is 22.0. The minimum Gasteiger partial charge on any atom is -0.481 e. The largest absolute Gasteiger partial charge is 0.481 e. The molecule has 0 saturated carbocycles. The van der Waals surface area contributed by atoms with Gasteiger partial charge in [0, 0.05) is 49.0 Å². The summed E-state index contributed by atoms with van der Waals surface area (Å²) in [4.78, 5) is 20.7. The molecule has 8 heteroatoms. The van der Waals surface area contributed by atoms with Crippen LogP contribution in [0, 0.1) is 0 Å². The molecule has 0 amide bonds. The van der Waals surface area contributed by atoms with Crippen LogP contribution in [0.25, 0.3) is 22.6 Å². The van der Waals surface area contributed by atoms with Crippen molar-refractivity contribution in [3.05, 3.63) is 24.7 Å². The number of nitrogens with one attached hydrogen (secondary N) is 1. The Balaban J connectivity index is 1.94. The van der Waals surface area contributed by atoms with Crippen LogP contribution >= 0.6 is 0 Å². The van der Waals surface area contributed by atoms with Crippen LogP contribution in [0.15, 0.2) is 24.7 Å². The third-order valence-corrected chi connectivity index (χ3v) is 5.19. The van der Waals surface area contributed by atoms with Gasteiger partial charge in [0.15, 0.2) is 17.0 Å². The molecule has 30 heavy (non-hydrogen) atoms. The van der Waals surface area contributed by atoms with Crippen LogP contribution in [0.3, 0.4) is 0 Å². The van der Waals surface area contributed by atoms with E-state index in [2.05, 4.69) is 71.3 Å². The number of nitrogens with zero attached hydrogens (tertiary/aromatic N) is 6. The van der Waals surface area contributed by atoms with Gasteiger partial charge in [-0.05, 0) is 47.6 Å². The lowest BCUT2D eigenvalue weighted by Gasteiger charge is -2.30. The van der Waals surface area contributed by atoms with Gasteiger partial charge in [-0.1, -0.05) is 0 Å². The predicted molar refractivity (Wildman–Crippen MR) is 121 cm³/mol. The van der Waals surface area contributed by atoms with E-state index in [-0.39, 0.29) is 6.04 Å². The van der Waals surface area contributed by atoms with Crippen LogP contribution in [-0.4, -0.2) is 61.7 Å². The first-order valence-electron chi connectivity index (χ1n) is 10.6. The Morgan fingerprint density at radius 3 is 2.33 bits per heavy atom. The zero-order valence-electron chi connectivity index (χ0n) is 19.0. The maximum Gasteiger partial charge on any atom is 0.212 e. The second-order valence-corrected chi connectivity index (χ2v) is 8.23. The third-order valence-electron chi connectivity index (χ3n) is 5.19. The Kier molecular flexibility index (Phi) is 6.87. The van der Waals surface area contributed by atoms with Gasteiger partial charge in [0.05, 0.1) is 7.11 Å². The topological polar surface area (TPSA) is 81.0 Å². The highest BCUT2D eigenvalue weighted by Crippen LogP contribution is 2.30. The molecule has 0 atom stereocenters. The van der Waals surface area contributed by atoms with Crippen LogP contribution in [0.2, 0.25) is 0 Å². The Bertz CT molecular complexity index is 956. The average molecular weight is 412 g/mol. The second-order valence-electron chi connectivity index (χ2n) is 8.23. The summed E-state index contributed by atoms with van der Waals surface area (Å²) in [6.07, 6.45) is 3.38. The molecule has 3 aromatic heterocycles. The minimum atomic E-state index is 0.187. The SMILES string of the molecule is COc1ccc(-c2nc3c(NCCN(C(C)C)C(C)C)ncnc3n2C(C)C)cn1. The molecule has 1 N–H and O–H groups in total. The summed E-state index contributed by atoms with van der Waals surface area (Å²) in [6, 6.07) is 4.98. The number of anilines is 1. The van der Waals surface area contributed by atoms with E-state index in [0.29, 0.717) is 18.0 Å². The van der Waals surface area contributed by atoms with Crippen LogP contribution in [0.1, 0.15) is 47.6 Å². The van der Waals surface area contributed by atoms with Gasteiger partial charge in [0.1, 0.15) is 12.2 Å². The van der Waals surface area contributed by atoms with Crippen molar-refractivity contribution >= 4 is 17.0 Å². The highest BCUT2D eigenvalue weighted by Gasteiger charge is 2.20. The second kappa shape index (κ2) is 9.38. The van der Waals surface area contributed by atoms with Gasteiger partial charge in [-0.25, -0.2) is 19.9 Å². The Hall–Kier alpha value is -2.74. The smallest absolute Gasteiger partial charge is 0.212 e. The molecule has 0 aliphatic heterocycles. The molecule has 3 aromatic rings. The fourth-order valence-corrected chi connectivity index (χ4v) is 3.78. The highest BCUT2D eigenvalue weighted by atomic mass is 16.5. The molecule has 0 saturated heterocycles. The third kappa shape index (κ3) is 4.53. The molecule has 3 heterocycles. The van der Waals surface area contributed by atoms with Crippen molar-refractivity contribution in [1.82, 2.24) is 29.4 Å². The van der Waals surface area contributed by atoms with Crippen LogP contribution in [0.5, 0.6) is 5.88 Å². The van der Waals surface area contributed by atoms with Gasteiger partial charge in [-0.3, -0.25) is 4.90 Å². The number of aromatic nitrogens is 5. The molecule has 0 aromatic carbocycles. The first-order valence-corrected chi connectivity index (χ1v) is 10.6. The molecule has 0 bridgehead atoms. The van der Waals surface area contributed by atoms with Gasteiger partial charge in [-0.2, -0.15) is 0 Å². The van der Waals surface area contributed by atoms with Crippen molar-refractivity contribution in [2.45, 2.75) is 59.7 Å². The number of methoxy groups -OCH3 is 1. The molecule has 0 aliphatic carbocycles. The number of hydrogen-bond donors (Lipinski definition) is 1. The molecule has 0 radical (unpaired) electrons. The van der Waals surface area contributed by atoms with Crippen molar-refractivity contribution < 1.29 is 4.74 Å². The van der Waals surface area contributed by atoms with E-state index >= 15 is 0 Å². The number of imidazole rings is 1. The van der Waals surface area contributed by atoms with E-state index in [9.17, 15) is 0 Å². The van der Waals surface area contributed by atoms with Gasteiger partial charge in [0.25, 0.3) is 0 Å². The van der Waals surface area contributed by atoms with Crippen LogP contribution in [-0.2, 0) is 0 Å². The van der Waals surface area contributed by atoms with E-state index < -0.39 is 0 Å². The van der Waals surface area contributed by atoms with Gasteiger partial charge >= 0.3 is 0 Å². The number of fused-ring (bicyclic) bond motifs is 1. The lowest BCUT2D eigenvalue weighted by atomic mass is 10.2. The van der Waals surface area contributed by atoms with Crippen molar-refractivity contribution in [1.29, 1.82) is 0 Å². The van der Waals surface area contributed by atoms with E-state index in [4.69, 9.17) is 9.72 Å². The molecule has 0 aliphatic rings. The van der Waals surface area contributed by atoms with Gasteiger partial charge < -0.3 is 14.6 Å². The fourth-order valence-electron chi connectivity index (χ4n) is 3.78. The monoisotopic (exact) mass is 411 g/mol. The van der Waals surface area contributed by atoms with E-state index in [0.717, 1.165) is 41.5 Å². The Morgan fingerprint density at radius 1 is 1.03 bits per heavy atom. The minimum absolute atomic E-state index is 0.187. The van der Waals surface area contributed by atoms with E-state index in [1.165, 1.54) is 0 Å². The molecular formula is C22H33N7O. The predicted octanol–water partition coefficient (Wildman–Crippen LogP) is 4.01. The average Bonchev–Trinajstić information content (AvgIpc) is 3.11. The number of pyridine rings is 1. The zero-order valence-corrected chi connectivity index (χ0v) is 19.0. The summed E-state index contributed by atoms with van der Waals surface area (Å²) in [7, 11) is 1.61. The van der Waals surface area contributed by atoms with Crippen molar-refractivity contribution in [3.63, 3.8) is 0 Å². The fraction of sp³-hybridized carbons (Fsp3) is 0.545. The Labute approximate surface area is 178 Å². The van der Waals surface area contributed by atoms with Crippen molar-refractivity contribution in [2.24, 2.45) is 0 Å². The molecular weight excluding hydrogens is 378 g/mol. The van der Waals surface area contributed by atoms with E-state index in [1.54, 1.807) is 19.6 Å². The van der Waals surface area contributed by atoms with Crippen molar-refractivity contribution in [2.75, 3.05) is 25.5 Å². The maximum absolute atomic E-state index is 5.18. The standard InChI is InChI=1S/C22H33N7O/c1-14(2)28(15(3)4)11-10-23-20-19-22(26-13-25-20)29(16(5)6)21(27-19)17-8-9-18(30-7)24-12-17/h8-9,12-16H,10-11H2,1-7H3,(H,23,25,26). The number of ether oxygens (including phenoxy) is 1. The first-order chi connectivity index (χ1) is 14.3. The molecule has 0 spiro atoms. The molecule has 162 valence electrons. The Morgan fingerprint density at radius 2 is 1.77 bits per heavy atom. The molecule has 8 nitrogen and oxygen atoms in total. The van der Waals surface area contributed by atoms with Gasteiger partial charge in [0.2, 0.25) is 5.88 Å². The lowest BCUT2D eigenvalue weighted by Crippen LogP contribution is -2.40. The lowest BCUT2D eigenvalue weighted by molar-refractivity contribution is 0.182. The summed E-state index contributed by atoms with van der Waals surface area (Å²) in [5.41, 5.74) is 2.51.